The summed E-state index contributed by atoms with van der Waals surface area (Å²) in [4.78, 5) is 4.56. The first kappa shape index (κ1) is 16.5. The van der Waals surface area contributed by atoms with Gasteiger partial charge in [0, 0.05) is 21.1 Å². The van der Waals surface area contributed by atoms with E-state index in [1.54, 1.807) is 0 Å². The predicted molar refractivity (Wildman–Crippen MR) is 102 cm³/mol. The molecular weight excluding hydrogens is 370 g/mol. The maximum absolute atomic E-state index is 6.30. The SMILES string of the molecule is CC(CCCc1ccc(Br)c2cccnc12)c1ccccc1Cl. The molecule has 0 aliphatic carbocycles. The highest BCUT2D eigenvalue weighted by Gasteiger charge is 2.10. The second-order valence-corrected chi connectivity index (χ2v) is 7.18. The van der Waals surface area contributed by atoms with E-state index in [0.717, 1.165) is 34.3 Å². The standard InChI is InChI=1S/C20H19BrClN/c1-14(16-8-2-3-10-19(16)22)6-4-7-15-11-12-18(21)17-9-5-13-23-20(15)17/h2-3,5,8-14H,4,6-7H2,1H3. The monoisotopic (exact) mass is 387 g/mol. The Morgan fingerprint density at radius 3 is 2.74 bits per heavy atom. The molecule has 0 saturated heterocycles. The Balaban J connectivity index is 1.70. The van der Waals surface area contributed by atoms with Gasteiger partial charge >= 0.3 is 0 Å². The fourth-order valence-electron chi connectivity index (χ4n) is 3.03. The number of pyridine rings is 1. The molecule has 23 heavy (non-hydrogen) atoms. The van der Waals surface area contributed by atoms with Gasteiger partial charge in [0.2, 0.25) is 0 Å². The molecule has 3 aromatic rings. The van der Waals surface area contributed by atoms with Crippen LogP contribution in [0.2, 0.25) is 5.02 Å². The van der Waals surface area contributed by atoms with E-state index >= 15 is 0 Å². The van der Waals surface area contributed by atoms with Gasteiger partial charge in [0.15, 0.2) is 0 Å². The zero-order chi connectivity index (χ0) is 16.2. The third-order valence-electron chi connectivity index (χ3n) is 4.32. The Morgan fingerprint density at radius 2 is 1.91 bits per heavy atom. The Kier molecular flexibility index (Phi) is 5.34. The smallest absolute Gasteiger partial charge is 0.0745 e. The van der Waals surface area contributed by atoms with E-state index in [-0.39, 0.29) is 0 Å². The van der Waals surface area contributed by atoms with Crippen molar-refractivity contribution in [1.82, 2.24) is 4.98 Å². The van der Waals surface area contributed by atoms with Crippen LogP contribution in [0.4, 0.5) is 0 Å². The van der Waals surface area contributed by atoms with E-state index in [2.05, 4.69) is 58.2 Å². The van der Waals surface area contributed by atoms with Gasteiger partial charge < -0.3 is 0 Å². The number of aryl methyl sites for hydroxylation is 1. The van der Waals surface area contributed by atoms with Gasteiger partial charge in [0.05, 0.1) is 5.52 Å². The average Bonchev–Trinajstić information content (AvgIpc) is 2.57. The third-order valence-corrected chi connectivity index (χ3v) is 5.36. The summed E-state index contributed by atoms with van der Waals surface area (Å²) in [6.45, 7) is 2.25. The molecule has 0 spiro atoms. The van der Waals surface area contributed by atoms with E-state index < -0.39 is 0 Å². The molecule has 3 heteroatoms. The third kappa shape index (κ3) is 3.76. The molecule has 0 amide bonds. The number of aromatic nitrogens is 1. The Hall–Kier alpha value is -1.38. The number of nitrogens with zero attached hydrogens (tertiary/aromatic N) is 1. The highest BCUT2D eigenvalue weighted by atomic mass is 79.9. The summed E-state index contributed by atoms with van der Waals surface area (Å²) in [5.74, 6) is 0.471. The molecule has 1 aromatic heterocycles. The molecule has 3 rings (SSSR count). The lowest BCUT2D eigenvalue weighted by Gasteiger charge is -2.14. The van der Waals surface area contributed by atoms with Crippen LogP contribution < -0.4 is 0 Å². The molecule has 0 aliphatic heterocycles. The van der Waals surface area contributed by atoms with Crippen LogP contribution in [0.15, 0.2) is 59.2 Å². The van der Waals surface area contributed by atoms with Crippen LogP contribution in [0, 0.1) is 0 Å². The largest absolute Gasteiger partial charge is 0.256 e. The maximum atomic E-state index is 6.30. The lowest BCUT2D eigenvalue weighted by atomic mass is 9.94. The van der Waals surface area contributed by atoms with Gasteiger partial charge in [-0.2, -0.15) is 0 Å². The summed E-state index contributed by atoms with van der Waals surface area (Å²) >= 11 is 9.90. The minimum absolute atomic E-state index is 0.471. The molecular formula is C20H19BrClN. The number of hydrogen-bond acceptors (Lipinski definition) is 1. The molecule has 118 valence electrons. The van der Waals surface area contributed by atoms with Crippen molar-refractivity contribution in [3.63, 3.8) is 0 Å². The van der Waals surface area contributed by atoms with Crippen LogP contribution in [0.1, 0.15) is 36.8 Å². The lowest BCUT2D eigenvalue weighted by molar-refractivity contribution is 0.634. The van der Waals surface area contributed by atoms with Gasteiger partial charge in [-0.25, -0.2) is 0 Å². The summed E-state index contributed by atoms with van der Waals surface area (Å²) in [5, 5.41) is 2.06. The Bertz CT molecular complexity index is 816. The van der Waals surface area contributed by atoms with Gasteiger partial charge in [-0.3, -0.25) is 4.98 Å². The van der Waals surface area contributed by atoms with Gasteiger partial charge in [-0.1, -0.05) is 64.8 Å². The number of halogens is 2. The fourth-order valence-corrected chi connectivity index (χ4v) is 3.80. The number of benzene rings is 2. The van der Waals surface area contributed by atoms with Crippen molar-refractivity contribution >= 4 is 38.4 Å². The normalized spacial score (nSPS) is 12.5. The lowest BCUT2D eigenvalue weighted by Crippen LogP contribution is -1.97. The first-order valence-corrected chi connectivity index (χ1v) is 9.10. The van der Waals surface area contributed by atoms with E-state index in [1.165, 1.54) is 16.5 Å². The molecule has 0 N–H and O–H groups in total. The number of hydrogen-bond donors (Lipinski definition) is 0. The number of rotatable bonds is 5. The summed E-state index contributed by atoms with van der Waals surface area (Å²) in [6, 6.07) is 16.5. The first-order chi connectivity index (χ1) is 11.2. The fraction of sp³-hybridized carbons (Fsp3) is 0.250. The zero-order valence-corrected chi connectivity index (χ0v) is 15.4. The van der Waals surface area contributed by atoms with Crippen molar-refractivity contribution in [3.8, 4) is 0 Å². The van der Waals surface area contributed by atoms with Crippen molar-refractivity contribution in [2.75, 3.05) is 0 Å². The van der Waals surface area contributed by atoms with Crippen LogP contribution in [0.3, 0.4) is 0 Å². The van der Waals surface area contributed by atoms with Crippen molar-refractivity contribution < 1.29 is 0 Å². The Labute approximate surface area is 150 Å². The first-order valence-electron chi connectivity index (χ1n) is 7.93. The van der Waals surface area contributed by atoms with E-state index in [1.807, 2.05) is 24.4 Å². The molecule has 2 aromatic carbocycles. The summed E-state index contributed by atoms with van der Waals surface area (Å²) < 4.78 is 1.11. The van der Waals surface area contributed by atoms with Crippen molar-refractivity contribution in [1.29, 1.82) is 0 Å². The molecule has 1 heterocycles. The van der Waals surface area contributed by atoms with Crippen molar-refractivity contribution in [2.45, 2.75) is 32.1 Å². The van der Waals surface area contributed by atoms with Gasteiger partial charge in [-0.15, -0.1) is 0 Å². The highest BCUT2D eigenvalue weighted by molar-refractivity contribution is 9.10. The zero-order valence-electron chi connectivity index (χ0n) is 13.1. The predicted octanol–water partition coefficient (Wildman–Crippen LogP) is 6.78. The quantitative estimate of drug-likeness (QED) is 0.469. The Morgan fingerprint density at radius 1 is 1.09 bits per heavy atom. The van der Waals surface area contributed by atoms with E-state index in [0.29, 0.717) is 5.92 Å². The van der Waals surface area contributed by atoms with E-state index in [4.69, 9.17) is 11.6 Å². The maximum Gasteiger partial charge on any atom is 0.0745 e. The van der Waals surface area contributed by atoms with E-state index in [9.17, 15) is 0 Å². The summed E-state index contributed by atoms with van der Waals surface area (Å²) in [5.41, 5.74) is 3.66. The van der Waals surface area contributed by atoms with Crippen molar-refractivity contribution in [3.05, 3.63) is 75.4 Å². The number of fused-ring (bicyclic) bond motifs is 1. The van der Waals surface area contributed by atoms with Crippen LogP contribution in [0.5, 0.6) is 0 Å². The second kappa shape index (κ2) is 7.46. The summed E-state index contributed by atoms with van der Waals surface area (Å²) in [6.07, 6.45) is 5.15. The van der Waals surface area contributed by atoms with Crippen LogP contribution in [-0.4, -0.2) is 4.98 Å². The molecule has 1 unspecified atom stereocenters. The van der Waals surface area contributed by atoms with Crippen LogP contribution in [-0.2, 0) is 6.42 Å². The molecule has 0 aliphatic rings. The molecule has 1 atom stereocenters. The molecule has 0 saturated carbocycles. The minimum atomic E-state index is 0.471. The highest BCUT2D eigenvalue weighted by Crippen LogP contribution is 2.30. The summed E-state index contributed by atoms with van der Waals surface area (Å²) in [7, 11) is 0. The van der Waals surface area contributed by atoms with Gasteiger partial charge in [-0.05, 0) is 54.5 Å². The van der Waals surface area contributed by atoms with Crippen LogP contribution in [0.25, 0.3) is 10.9 Å². The average molecular weight is 389 g/mol. The van der Waals surface area contributed by atoms with Gasteiger partial charge in [0.25, 0.3) is 0 Å². The van der Waals surface area contributed by atoms with Crippen LogP contribution >= 0.6 is 27.5 Å². The minimum Gasteiger partial charge on any atom is -0.256 e. The molecule has 0 radical (unpaired) electrons. The molecule has 1 nitrogen and oxygen atoms in total. The van der Waals surface area contributed by atoms with Crippen molar-refractivity contribution in [2.24, 2.45) is 0 Å². The molecule has 0 bridgehead atoms. The molecule has 0 fully saturated rings. The second-order valence-electron chi connectivity index (χ2n) is 5.92. The van der Waals surface area contributed by atoms with Gasteiger partial charge in [0.1, 0.15) is 0 Å². The topological polar surface area (TPSA) is 12.9 Å².